The van der Waals surface area contributed by atoms with E-state index in [9.17, 15) is 4.79 Å². The highest BCUT2D eigenvalue weighted by atomic mass is 16.4. The van der Waals surface area contributed by atoms with Crippen molar-refractivity contribution >= 4 is 5.97 Å². The van der Waals surface area contributed by atoms with Gasteiger partial charge in [-0.2, -0.15) is 0 Å². The van der Waals surface area contributed by atoms with Gasteiger partial charge in [0.2, 0.25) is 0 Å². The zero-order chi connectivity index (χ0) is 9.30. The number of carbonyl (C=O) groups is 1. The van der Waals surface area contributed by atoms with Crippen molar-refractivity contribution in [2.75, 3.05) is 6.54 Å². The summed E-state index contributed by atoms with van der Waals surface area (Å²) in [6, 6.07) is 0.404. The predicted octanol–water partition coefficient (Wildman–Crippen LogP) is 1.46. The minimum atomic E-state index is -0.768. The first kappa shape index (κ1) is 9.10. The molecule has 0 atom stereocenters. The molecule has 1 aliphatic rings. The fraction of sp³-hybridized carbons (Fsp3) is 0.667. The Bertz CT molecular complexity index is 231. The van der Waals surface area contributed by atoms with E-state index in [0.717, 1.165) is 12.2 Å². The molecule has 12 heavy (non-hydrogen) atoms. The fourth-order valence-corrected chi connectivity index (χ4v) is 1.66. The van der Waals surface area contributed by atoms with Crippen LogP contribution in [0.25, 0.3) is 0 Å². The lowest BCUT2D eigenvalue weighted by molar-refractivity contribution is -0.132. The summed E-state index contributed by atoms with van der Waals surface area (Å²) in [6.45, 7) is 6.89. The molecule has 1 aliphatic heterocycles. The first-order chi connectivity index (χ1) is 5.54. The quantitative estimate of drug-likeness (QED) is 0.680. The van der Waals surface area contributed by atoms with Crippen molar-refractivity contribution in [1.29, 1.82) is 0 Å². The van der Waals surface area contributed by atoms with Gasteiger partial charge >= 0.3 is 5.97 Å². The highest BCUT2D eigenvalue weighted by Crippen LogP contribution is 2.24. The molecule has 0 unspecified atom stereocenters. The Hall–Kier alpha value is -0.990. The lowest BCUT2D eigenvalue weighted by atomic mass is 10.2. The summed E-state index contributed by atoms with van der Waals surface area (Å²) >= 11 is 0. The highest BCUT2D eigenvalue weighted by Gasteiger charge is 2.24. The van der Waals surface area contributed by atoms with Crippen molar-refractivity contribution in [2.45, 2.75) is 33.2 Å². The van der Waals surface area contributed by atoms with E-state index in [0.29, 0.717) is 18.0 Å². The van der Waals surface area contributed by atoms with Gasteiger partial charge in [-0.1, -0.05) is 0 Å². The Balaban J connectivity index is 2.84. The van der Waals surface area contributed by atoms with E-state index in [4.69, 9.17) is 5.11 Å². The topological polar surface area (TPSA) is 40.5 Å². The van der Waals surface area contributed by atoms with Crippen LogP contribution in [0.4, 0.5) is 0 Å². The molecule has 0 aromatic rings. The van der Waals surface area contributed by atoms with E-state index in [2.05, 4.69) is 18.7 Å². The summed E-state index contributed by atoms with van der Waals surface area (Å²) in [7, 11) is 0. The van der Waals surface area contributed by atoms with Crippen LogP contribution in [-0.2, 0) is 4.79 Å². The molecule has 0 fully saturated rings. The Morgan fingerprint density at radius 3 is 2.42 bits per heavy atom. The third-order valence-electron chi connectivity index (χ3n) is 2.35. The molecule has 0 amide bonds. The average Bonchev–Trinajstić information content (AvgIpc) is 2.30. The number of carboxylic acid groups (broad SMARTS) is 1. The molecule has 3 heteroatoms. The minimum absolute atomic E-state index is 0.404. The zero-order valence-electron chi connectivity index (χ0n) is 7.79. The van der Waals surface area contributed by atoms with E-state index in [1.807, 2.05) is 6.92 Å². The second kappa shape index (κ2) is 3.17. The zero-order valence-corrected chi connectivity index (χ0v) is 7.79. The summed E-state index contributed by atoms with van der Waals surface area (Å²) in [5.41, 5.74) is 1.50. The van der Waals surface area contributed by atoms with Crippen molar-refractivity contribution in [3.8, 4) is 0 Å². The van der Waals surface area contributed by atoms with Gasteiger partial charge in [0.25, 0.3) is 0 Å². The summed E-state index contributed by atoms with van der Waals surface area (Å²) in [4.78, 5) is 12.8. The van der Waals surface area contributed by atoms with Crippen molar-refractivity contribution in [1.82, 2.24) is 4.90 Å². The van der Waals surface area contributed by atoms with Gasteiger partial charge in [-0.15, -0.1) is 0 Å². The van der Waals surface area contributed by atoms with Crippen LogP contribution in [-0.4, -0.2) is 28.6 Å². The van der Waals surface area contributed by atoms with Gasteiger partial charge in [0.05, 0.1) is 5.57 Å². The molecule has 0 saturated heterocycles. The first-order valence-corrected chi connectivity index (χ1v) is 4.23. The molecule has 1 heterocycles. The van der Waals surface area contributed by atoms with Crippen molar-refractivity contribution < 1.29 is 9.90 Å². The normalized spacial score (nSPS) is 17.8. The second-order valence-corrected chi connectivity index (χ2v) is 3.41. The molecule has 0 radical (unpaired) electrons. The molecule has 0 aromatic heterocycles. The first-order valence-electron chi connectivity index (χ1n) is 4.23. The molecular weight excluding hydrogens is 154 g/mol. The van der Waals surface area contributed by atoms with E-state index in [1.165, 1.54) is 0 Å². The number of carboxylic acids is 1. The van der Waals surface area contributed by atoms with Crippen LogP contribution in [0.3, 0.4) is 0 Å². The molecule has 1 rings (SSSR count). The van der Waals surface area contributed by atoms with Gasteiger partial charge in [0.1, 0.15) is 0 Å². The molecule has 3 nitrogen and oxygen atoms in total. The van der Waals surface area contributed by atoms with Crippen LogP contribution < -0.4 is 0 Å². The number of rotatable bonds is 2. The smallest absolute Gasteiger partial charge is 0.333 e. The SMILES string of the molecule is CC1=C(C(=O)O)CCN1C(C)C. The molecule has 68 valence electrons. The predicted molar refractivity (Wildman–Crippen MR) is 46.8 cm³/mol. The van der Waals surface area contributed by atoms with Gasteiger partial charge in [-0.25, -0.2) is 4.79 Å². The van der Waals surface area contributed by atoms with Crippen molar-refractivity contribution in [3.63, 3.8) is 0 Å². The van der Waals surface area contributed by atoms with Gasteiger partial charge < -0.3 is 10.0 Å². The third kappa shape index (κ3) is 1.44. The number of aliphatic carboxylic acids is 1. The van der Waals surface area contributed by atoms with Gasteiger partial charge in [0.15, 0.2) is 0 Å². The maximum Gasteiger partial charge on any atom is 0.333 e. The number of hydrogen-bond donors (Lipinski definition) is 1. The summed E-state index contributed by atoms with van der Waals surface area (Å²) in [5.74, 6) is -0.768. The Morgan fingerprint density at radius 2 is 2.17 bits per heavy atom. The lowest BCUT2D eigenvalue weighted by Crippen LogP contribution is -2.26. The molecular formula is C9H15NO2. The number of nitrogens with zero attached hydrogens (tertiary/aromatic N) is 1. The molecule has 0 aliphatic carbocycles. The molecule has 0 spiro atoms. The van der Waals surface area contributed by atoms with Crippen LogP contribution in [0.1, 0.15) is 27.2 Å². The summed E-state index contributed by atoms with van der Waals surface area (Å²) < 4.78 is 0. The Kier molecular flexibility index (Phi) is 2.40. The largest absolute Gasteiger partial charge is 0.478 e. The monoisotopic (exact) mass is 169 g/mol. The maximum absolute atomic E-state index is 10.7. The van der Waals surface area contributed by atoms with Crippen molar-refractivity contribution in [2.24, 2.45) is 0 Å². The average molecular weight is 169 g/mol. The standard InChI is InChI=1S/C9H15NO2/c1-6(2)10-5-4-8(7(10)3)9(11)12/h6H,4-5H2,1-3H3,(H,11,12). The van der Waals surface area contributed by atoms with Crippen LogP contribution in [0, 0.1) is 0 Å². The van der Waals surface area contributed by atoms with Crippen LogP contribution >= 0.6 is 0 Å². The second-order valence-electron chi connectivity index (χ2n) is 3.41. The Morgan fingerprint density at radius 1 is 1.58 bits per heavy atom. The van der Waals surface area contributed by atoms with Gasteiger partial charge in [0, 0.05) is 18.3 Å². The van der Waals surface area contributed by atoms with E-state index >= 15 is 0 Å². The van der Waals surface area contributed by atoms with E-state index in [1.54, 1.807) is 0 Å². The molecule has 0 aromatic carbocycles. The summed E-state index contributed by atoms with van der Waals surface area (Å²) in [5, 5.41) is 8.80. The maximum atomic E-state index is 10.7. The lowest BCUT2D eigenvalue weighted by Gasteiger charge is -2.24. The van der Waals surface area contributed by atoms with Crippen LogP contribution in [0.5, 0.6) is 0 Å². The minimum Gasteiger partial charge on any atom is -0.478 e. The van der Waals surface area contributed by atoms with E-state index in [-0.39, 0.29) is 0 Å². The van der Waals surface area contributed by atoms with Gasteiger partial charge in [-0.3, -0.25) is 0 Å². The van der Waals surface area contributed by atoms with E-state index < -0.39 is 5.97 Å². The van der Waals surface area contributed by atoms with Gasteiger partial charge in [-0.05, 0) is 27.2 Å². The molecule has 1 N–H and O–H groups in total. The van der Waals surface area contributed by atoms with Crippen LogP contribution in [0.2, 0.25) is 0 Å². The van der Waals surface area contributed by atoms with Crippen molar-refractivity contribution in [3.05, 3.63) is 11.3 Å². The molecule has 0 saturated carbocycles. The number of allylic oxidation sites excluding steroid dienone is 1. The Labute approximate surface area is 72.7 Å². The summed E-state index contributed by atoms with van der Waals surface area (Å²) in [6.07, 6.45) is 0.680. The van der Waals surface area contributed by atoms with Crippen LogP contribution in [0.15, 0.2) is 11.3 Å². The third-order valence-corrected chi connectivity index (χ3v) is 2.35. The molecule has 0 bridgehead atoms. The highest BCUT2D eigenvalue weighted by molar-refractivity contribution is 5.87. The number of hydrogen-bond acceptors (Lipinski definition) is 2. The fourth-order valence-electron chi connectivity index (χ4n) is 1.66.